The SMILES string of the molecule is CC1=N[C@H]2C=CC=CC2S1.SSSCc1ccccn1. The Morgan fingerprint density at radius 2 is 2.15 bits per heavy atom. The van der Waals surface area contributed by atoms with E-state index >= 15 is 0 Å². The third kappa shape index (κ3) is 5.24. The number of thiol groups is 1. The van der Waals surface area contributed by atoms with Gasteiger partial charge in [0, 0.05) is 11.9 Å². The number of aliphatic imine (C=N–C) groups is 1. The maximum absolute atomic E-state index is 4.45. The van der Waals surface area contributed by atoms with E-state index in [1.54, 1.807) is 17.0 Å². The van der Waals surface area contributed by atoms with E-state index in [1.165, 1.54) is 14.9 Å². The van der Waals surface area contributed by atoms with Crippen LogP contribution in [-0.4, -0.2) is 21.3 Å². The molecule has 0 amide bonds. The van der Waals surface area contributed by atoms with Gasteiger partial charge in [0.1, 0.15) is 0 Å². The number of nitrogens with zero attached hydrogens (tertiary/aromatic N) is 2. The first kappa shape index (κ1) is 16.1. The van der Waals surface area contributed by atoms with Gasteiger partial charge >= 0.3 is 0 Å². The number of aromatic nitrogens is 1. The van der Waals surface area contributed by atoms with Crippen LogP contribution in [-0.2, 0) is 5.75 Å². The molecule has 0 saturated carbocycles. The van der Waals surface area contributed by atoms with Crippen LogP contribution in [0.1, 0.15) is 12.6 Å². The van der Waals surface area contributed by atoms with Crippen LogP contribution in [0.5, 0.6) is 0 Å². The Morgan fingerprint density at radius 1 is 1.30 bits per heavy atom. The van der Waals surface area contributed by atoms with Crippen molar-refractivity contribution in [2.24, 2.45) is 4.99 Å². The van der Waals surface area contributed by atoms with Gasteiger partial charge in [-0.3, -0.25) is 9.98 Å². The molecule has 0 N–H and O–H groups in total. The summed E-state index contributed by atoms with van der Waals surface area (Å²) in [5, 5.41) is 1.80. The van der Waals surface area contributed by atoms with Gasteiger partial charge in [0.25, 0.3) is 0 Å². The topological polar surface area (TPSA) is 25.2 Å². The molecule has 106 valence electrons. The molecule has 1 aliphatic carbocycles. The highest BCUT2D eigenvalue weighted by Crippen LogP contribution is 2.30. The summed E-state index contributed by atoms with van der Waals surface area (Å²) in [6, 6.07) is 6.35. The minimum absolute atomic E-state index is 0.426. The Labute approximate surface area is 137 Å². The Balaban J connectivity index is 0.000000147. The van der Waals surface area contributed by atoms with Crippen molar-refractivity contribution in [1.82, 2.24) is 4.98 Å². The Hall–Kier alpha value is -0.300. The maximum atomic E-state index is 4.45. The van der Waals surface area contributed by atoms with Crippen molar-refractivity contribution in [3.8, 4) is 0 Å². The number of hydrogen-bond donors (Lipinski definition) is 1. The third-order valence-electron chi connectivity index (χ3n) is 2.68. The third-order valence-corrected chi connectivity index (χ3v) is 5.97. The van der Waals surface area contributed by atoms with Crippen molar-refractivity contribution in [1.29, 1.82) is 0 Å². The maximum Gasteiger partial charge on any atom is 0.0849 e. The lowest BCUT2D eigenvalue weighted by Gasteiger charge is -2.10. The summed E-state index contributed by atoms with van der Waals surface area (Å²) in [4.78, 5) is 8.60. The van der Waals surface area contributed by atoms with Crippen molar-refractivity contribution in [2.45, 2.75) is 24.0 Å². The van der Waals surface area contributed by atoms with Gasteiger partial charge in [-0.05, 0) is 28.9 Å². The normalized spacial score (nSPS) is 22.8. The molecule has 1 aliphatic heterocycles. The van der Waals surface area contributed by atoms with Crippen LogP contribution in [0.25, 0.3) is 0 Å². The molecule has 2 aliphatic rings. The summed E-state index contributed by atoms with van der Waals surface area (Å²) in [7, 11) is 3.15. The molecule has 2 atom stereocenters. The largest absolute Gasteiger partial charge is 0.274 e. The fraction of sp³-hybridized carbons (Fsp3) is 0.286. The standard InChI is InChI=1S/C8H9NS.C6H7NS3/c1-6-9-7-4-2-3-5-8(7)10-6;8-10-9-5-6-3-1-2-4-7-6/h2-5,7-8H,1H3;1-4,8H,5H2/t7-,8?;/m0./s1. The van der Waals surface area contributed by atoms with Gasteiger partial charge in [-0.15, -0.1) is 11.8 Å². The molecule has 0 spiro atoms. The average molecular weight is 341 g/mol. The molecular formula is C14H16N2S4. The van der Waals surface area contributed by atoms with Gasteiger partial charge < -0.3 is 0 Å². The Kier molecular flexibility index (Phi) is 7.13. The molecule has 1 aromatic rings. The van der Waals surface area contributed by atoms with Crippen LogP contribution < -0.4 is 0 Å². The van der Waals surface area contributed by atoms with Crippen molar-refractivity contribution in [3.63, 3.8) is 0 Å². The van der Waals surface area contributed by atoms with E-state index in [9.17, 15) is 0 Å². The summed E-state index contributed by atoms with van der Waals surface area (Å²) >= 11 is 5.86. The highest BCUT2D eigenvalue weighted by atomic mass is 33.5. The quantitative estimate of drug-likeness (QED) is 0.630. The van der Waals surface area contributed by atoms with Gasteiger partial charge in [-0.2, -0.15) is 0 Å². The monoisotopic (exact) mass is 340 g/mol. The molecule has 0 bridgehead atoms. The molecule has 0 fully saturated rings. The van der Waals surface area contributed by atoms with Gasteiger partial charge in [0.15, 0.2) is 0 Å². The molecule has 2 heterocycles. The first-order valence-corrected chi connectivity index (χ1v) is 10.4. The van der Waals surface area contributed by atoms with Gasteiger partial charge in [0.05, 0.1) is 22.0 Å². The van der Waals surface area contributed by atoms with E-state index in [1.807, 2.05) is 30.0 Å². The molecule has 1 unspecified atom stereocenters. The number of allylic oxidation sites excluding steroid dienone is 2. The van der Waals surface area contributed by atoms with Crippen LogP contribution in [0.2, 0.25) is 0 Å². The average Bonchev–Trinajstić information content (AvgIpc) is 2.87. The smallest absolute Gasteiger partial charge is 0.0849 e. The van der Waals surface area contributed by atoms with E-state index < -0.39 is 0 Å². The van der Waals surface area contributed by atoms with Gasteiger partial charge in [0.2, 0.25) is 0 Å². The molecular weight excluding hydrogens is 324 g/mol. The Bertz CT molecular complexity index is 499. The second-order valence-electron chi connectivity index (χ2n) is 4.15. The van der Waals surface area contributed by atoms with Crippen LogP contribution in [0, 0.1) is 0 Å². The summed E-state index contributed by atoms with van der Waals surface area (Å²) in [5.74, 6) is 0.926. The van der Waals surface area contributed by atoms with E-state index in [0.29, 0.717) is 11.3 Å². The Morgan fingerprint density at radius 3 is 2.85 bits per heavy atom. The van der Waals surface area contributed by atoms with Gasteiger partial charge in [-0.25, -0.2) is 0 Å². The molecule has 0 saturated heterocycles. The molecule has 0 radical (unpaired) electrons. The fourth-order valence-corrected chi connectivity index (χ4v) is 4.18. The highest BCUT2D eigenvalue weighted by Gasteiger charge is 2.24. The summed E-state index contributed by atoms with van der Waals surface area (Å²) in [6.45, 7) is 2.07. The first-order valence-electron chi connectivity index (χ1n) is 6.18. The lowest BCUT2D eigenvalue weighted by Crippen LogP contribution is -2.13. The minimum Gasteiger partial charge on any atom is -0.274 e. The highest BCUT2D eigenvalue weighted by molar-refractivity contribution is 9.05. The minimum atomic E-state index is 0.426. The van der Waals surface area contributed by atoms with Gasteiger partial charge in [-0.1, -0.05) is 52.8 Å². The van der Waals surface area contributed by atoms with E-state index in [4.69, 9.17) is 0 Å². The number of rotatable bonds is 3. The van der Waals surface area contributed by atoms with Crippen LogP contribution in [0.4, 0.5) is 0 Å². The van der Waals surface area contributed by atoms with Crippen molar-refractivity contribution in [2.75, 3.05) is 0 Å². The molecule has 6 heteroatoms. The fourth-order valence-electron chi connectivity index (χ4n) is 1.81. The molecule has 1 aromatic heterocycles. The molecule has 20 heavy (non-hydrogen) atoms. The summed E-state index contributed by atoms with van der Waals surface area (Å²) in [6.07, 6.45) is 10.4. The second-order valence-corrected chi connectivity index (χ2v) is 8.69. The molecule has 3 rings (SSSR count). The zero-order valence-corrected chi connectivity index (χ0v) is 14.4. The number of hydrogen-bond acceptors (Lipinski definition) is 6. The van der Waals surface area contributed by atoms with Crippen molar-refractivity contribution < 1.29 is 0 Å². The zero-order chi connectivity index (χ0) is 14.2. The first-order chi connectivity index (χ1) is 9.79. The van der Waals surface area contributed by atoms with E-state index in [-0.39, 0.29) is 0 Å². The van der Waals surface area contributed by atoms with E-state index in [0.717, 1.165) is 11.4 Å². The number of pyridine rings is 1. The lowest BCUT2D eigenvalue weighted by molar-refractivity contribution is 0.861. The molecule has 2 nitrogen and oxygen atoms in total. The van der Waals surface area contributed by atoms with E-state index in [2.05, 4.69) is 52.9 Å². The van der Waals surface area contributed by atoms with Crippen LogP contribution in [0.3, 0.4) is 0 Å². The second kappa shape index (κ2) is 8.87. The summed E-state index contributed by atoms with van der Waals surface area (Å²) in [5.41, 5.74) is 1.11. The number of thioether (sulfide) groups is 1. The van der Waals surface area contributed by atoms with Crippen molar-refractivity contribution in [3.05, 3.63) is 54.4 Å². The van der Waals surface area contributed by atoms with Crippen LogP contribution in [0.15, 0.2) is 53.7 Å². The molecule has 0 aromatic carbocycles. The lowest BCUT2D eigenvalue weighted by atomic mass is 10.1. The number of fused-ring (bicyclic) bond motifs is 1. The van der Waals surface area contributed by atoms with Crippen LogP contribution >= 0.6 is 44.0 Å². The predicted molar refractivity (Wildman–Crippen MR) is 98.7 cm³/mol. The predicted octanol–water partition coefficient (Wildman–Crippen LogP) is 4.82. The summed E-state index contributed by atoms with van der Waals surface area (Å²) < 4.78 is 0. The zero-order valence-electron chi connectivity index (χ0n) is 11.0. The van der Waals surface area contributed by atoms with Crippen molar-refractivity contribution >= 4 is 49.1 Å².